The number of hydrogen-bond donors (Lipinski definition) is 3. The molecule has 0 aromatic carbocycles. The predicted molar refractivity (Wildman–Crippen MR) is 356 cm³/mol. The molecule has 1 amide bonds. The lowest BCUT2D eigenvalue weighted by Crippen LogP contribution is -2.45. The second-order valence-corrected chi connectivity index (χ2v) is 25.3. The standard InChI is InChI=1S/C75H143NO5/c1-3-5-7-9-11-13-15-17-19-21-23-24-29-32-35-39-43-47-51-55-59-63-67-73(78)72(71-77)76-74(79)68-64-60-56-52-48-44-40-36-33-30-27-25-26-28-31-34-38-42-46-50-54-58-62-66-70-81-75(80)69-65-61-57-53-49-45-41-37-22-20-18-16-14-12-10-8-6-4-2/h14,16,20,22,27,30,72-73,77-78H,3-13,15,17-19,21,23-26,28-29,31-71H2,1-2H3,(H,76,79)/b16-14-,22-20-,30-27-. The number of aliphatic hydroxyl groups is 2. The van der Waals surface area contributed by atoms with Gasteiger partial charge in [0.1, 0.15) is 0 Å². The fourth-order valence-corrected chi connectivity index (χ4v) is 11.6. The average Bonchev–Trinajstić information content (AvgIpc) is 3.47. The summed E-state index contributed by atoms with van der Waals surface area (Å²) >= 11 is 0. The summed E-state index contributed by atoms with van der Waals surface area (Å²) in [5, 5.41) is 23.4. The number of esters is 1. The Bertz CT molecular complexity index is 1310. The minimum Gasteiger partial charge on any atom is -0.466 e. The number of amides is 1. The summed E-state index contributed by atoms with van der Waals surface area (Å²) < 4.78 is 5.50. The first-order chi connectivity index (χ1) is 40.0. The van der Waals surface area contributed by atoms with E-state index >= 15 is 0 Å². The van der Waals surface area contributed by atoms with Crippen molar-refractivity contribution >= 4 is 11.9 Å². The minimum absolute atomic E-state index is 0.00597. The van der Waals surface area contributed by atoms with E-state index in [0.29, 0.717) is 25.9 Å². The average molecular weight is 1140 g/mol. The second kappa shape index (κ2) is 70.6. The van der Waals surface area contributed by atoms with E-state index in [1.54, 1.807) is 0 Å². The topological polar surface area (TPSA) is 95.9 Å². The number of allylic oxidation sites excluding steroid dienone is 6. The molecule has 0 aromatic heterocycles. The Hall–Kier alpha value is -1.92. The first-order valence-electron chi connectivity index (χ1n) is 36.7. The van der Waals surface area contributed by atoms with Crippen LogP contribution in [0.3, 0.4) is 0 Å². The third-order valence-electron chi connectivity index (χ3n) is 17.2. The predicted octanol–water partition coefficient (Wildman–Crippen LogP) is 23.9. The van der Waals surface area contributed by atoms with Crippen molar-refractivity contribution in [3.05, 3.63) is 36.5 Å². The number of rotatable bonds is 69. The summed E-state index contributed by atoms with van der Waals surface area (Å²) in [5.41, 5.74) is 0. The minimum atomic E-state index is -0.669. The van der Waals surface area contributed by atoms with Gasteiger partial charge in [-0.25, -0.2) is 0 Å². The molecule has 0 fully saturated rings. The fourth-order valence-electron chi connectivity index (χ4n) is 11.6. The van der Waals surface area contributed by atoms with Gasteiger partial charge in [-0.05, 0) is 83.5 Å². The van der Waals surface area contributed by atoms with E-state index in [2.05, 4.69) is 55.6 Å². The zero-order chi connectivity index (χ0) is 58.5. The monoisotopic (exact) mass is 1140 g/mol. The van der Waals surface area contributed by atoms with Gasteiger partial charge >= 0.3 is 5.97 Å². The molecule has 0 aliphatic heterocycles. The van der Waals surface area contributed by atoms with E-state index in [-0.39, 0.29) is 18.5 Å². The van der Waals surface area contributed by atoms with E-state index in [1.807, 2.05) is 0 Å². The molecule has 6 heteroatoms. The van der Waals surface area contributed by atoms with E-state index in [0.717, 1.165) is 51.4 Å². The van der Waals surface area contributed by atoms with Crippen LogP contribution >= 0.6 is 0 Å². The highest BCUT2D eigenvalue weighted by atomic mass is 16.5. The molecule has 0 spiro atoms. The highest BCUT2D eigenvalue weighted by Gasteiger charge is 2.20. The van der Waals surface area contributed by atoms with Crippen molar-refractivity contribution in [2.75, 3.05) is 13.2 Å². The Morgan fingerprint density at radius 2 is 0.617 bits per heavy atom. The Morgan fingerprint density at radius 1 is 0.346 bits per heavy atom. The third kappa shape index (κ3) is 67.1. The second-order valence-electron chi connectivity index (χ2n) is 25.3. The molecule has 0 saturated carbocycles. The number of aliphatic hydroxyl groups excluding tert-OH is 2. The van der Waals surface area contributed by atoms with E-state index in [4.69, 9.17) is 4.74 Å². The van der Waals surface area contributed by atoms with Gasteiger partial charge in [-0.1, -0.05) is 346 Å². The number of carbonyl (C=O) groups excluding carboxylic acids is 2. The van der Waals surface area contributed by atoms with Crippen molar-refractivity contribution in [2.45, 2.75) is 418 Å². The highest BCUT2D eigenvalue weighted by molar-refractivity contribution is 5.76. The van der Waals surface area contributed by atoms with E-state index in [1.165, 1.54) is 321 Å². The van der Waals surface area contributed by atoms with Crippen LogP contribution in [0.25, 0.3) is 0 Å². The lowest BCUT2D eigenvalue weighted by atomic mass is 10.0. The number of carbonyl (C=O) groups is 2. The van der Waals surface area contributed by atoms with Gasteiger partial charge in [0.25, 0.3) is 0 Å². The number of ether oxygens (including phenoxy) is 1. The van der Waals surface area contributed by atoms with Crippen LogP contribution in [0.4, 0.5) is 0 Å². The third-order valence-corrected chi connectivity index (χ3v) is 17.2. The van der Waals surface area contributed by atoms with Gasteiger partial charge in [-0.3, -0.25) is 9.59 Å². The molecule has 478 valence electrons. The van der Waals surface area contributed by atoms with Gasteiger partial charge < -0.3 is 20.3 Å². The molecular formula is C75H143NO5. The molecule has 2 unspecified atom stereocenters. The van der Waals surface area contributed by atoms with Crippen LogP contribution in [-0.2, 0) is 14.3 Å². The summed E-state index contributed by atoms with van der Waals surface area (Å²) in [7, 11) is 0. The Kier molecular flexibility index (Phi) is 68.9. The molecule has 0 heterocycles. The Morgan fingerprint density at radius 3 is 0.963 bits per heavy atom. The number of unbranched alkanes of at least 4 members (excludes halogenated alkanes) is 52. The summed E-state index contributed by atoms with van der Waals surface area (Å²) in [4.78, 5) is 24.7. The van der Waals surface area contributed by atoms with Crippen LogP contribution in [0.1, 0.15) is 406 Å². The maximum atomic E-state index is 12.6. The molecular weight excluding hydrogens is 995 g/mol. The lowest BCUT2D eigenvalue weighted by Gasteiger charge is -2.22. The van der Waals surface area contributed by atoms with Crippen LogP contribution in [-0.4, -0.2) is 47.4 Å². The van der Waals surface area contributed by atoms with Crippen molar-refractivity contribution < 1.29 is 24.5 Å². The molecule has 0 aromatic rings. The van der Waals surface area contributed by atoms with Gasteiger partial charge in [0.15, 0.2) is 0 Å². The molecule has 0 radical (unpaired) electrons. The number of nitrogens with one attached hydrogen (secondary N) is 1. The van der Waals surface area contributed by atoms with Gasteiger partial charge in [0, 0.05) is 12.8 Å². The Labute approximate surface area is 506 Å². The molecule has 6 nitrogen and oxygen atoms in total. The zero-order valence-corrected chi connectivity index (χ0v) is 54.8. The molecule has 0 aliphatic rings. The largest absolute Gasteiger partial charge is 0.466 e. The normalized spacial score (nSPS) is 12.7. The van der Waals surface area contributed by atoms with Crippen molar-refractivity contribution in [1.82, 2.24) is 5.32 Å². The summed E-state index contributed by atoms with van der Waals surface area (Å²) in [6.45, 7) is 4.97. The van der Waals surface area contributed by atoms with Crippen molar-refractivity contribution in [3.8, 4) is 0 Å². The van der Waals surface area contributed by atoms with Crippen molar-refractivity contribution in [1.29, 1.82) is 0 Å². The molecule has 0 saturated heterocycles. The molecule has 0 aliphatic carbocycles. The molecule has 0 rings (SSSR count). The molecule has 3 N–H and O–H groups in total. The first kappa shape index (κ1) is 79.1. The summed E-state index contributed by atoms with van der Waals surface area (Å²) in [6, 6.07) is -0.547. The van der Waals surface area contributed by atoms with Crippen LogP contribution in [0, 0.1) is 0 Å². The van der Waals surface area contributed by atoms with E-state index in [9.17, 15) is 19.8 Å². The molecule has 2 atom stereocenters. The quantitative estimate of drug-likeness (QED) is 0.0320. The molecule has 0 bridgehead atoms. The van der Waals surface area contributed by atoms with Gasteiger partial charge in [0.05, 0.1) is 25.4 Å². The lowest BCUT2D eigenvalue weighted by molar-refractivity contribution is -0.143. The maximum absolute atomic E-state index is 12.6. The fraction of sp³-hybridized carbons (Fsp3) is 0.893. The Balaban J connectivity index is 3.40. The van der Waals surface area contributed by atoms with Crippen LogP contribution in [0.2, 0.25) is 0 Å². The van der Waals surface area contributed by atoms with Crippen molar-refractivity contribution in [2.24, 2.45) is 0 Å². The van der Waals surface area contributed by atoms with Gasteiger partial charge in [0.2, 0.25) is 5.91 Å². The van der Waals surface area contributed by atoms with Crippen molar-refractivity contribution in [3.63, 3.8) is 0 Å². The highest BCUT2D eigenvalue weighted by Crippen LogP contribution is 2.19. The van der Waals surface area contributed by atoms with Crippen LogP contribution < -0.4 is 5.32 Å². The smallest absolute Gasteiger partial charge is 0.305 e. The maximum Gasteiger partial charge on any atom is 0.305 e. The van der Waals surface area contributed by atoms with Gasteiger partial charge in [-0.2, -0.15) is 0 Å². The first-order valence-corrected chi connectivity index (χ1v) is 36.7. The number of hydrogen-bond acceptors (Lipinski definition) is 5. The van der Waals surface area contributed by atoms with Crippen LogP contribution in [0.5, 0.6) is 0 Å². The van der Waals surface area contributed by atoms with Crippen LogP contribution in [0.15, 0.2) is 36.5 Å². The van der Waals surface area contributed by atoms with Gasteiger partial charge in [-0.15, -0.1) is 0 Å². The summed E-state index contributed by atoms with van der Waals surface area (Å²) in [6.07, 6.45) is 90.5. The SMILES string of the molecule is CCCCCC/C=C\C/C=C\CCCCCCCCCC(=O)OCCCCCCCCCCCCCC/C=C\CCCCCCCCCCC(=O)NC(CO)C(O)CCCCCCCCCCCCCCCCCCCCCCCC. The van der Waals surface area contributed by atoms with E-state index < -0.39 is 12.1 Å². The summed E-state index contributed by atoms with van der Waals surface area (Å²) in [5.74, 6) is -0.0294. The molecule has 81 heavy (non-hydrogen) atoms. The zero-order valence-electron chi connectivity index (χ0n) is 54.8.